The van der Waals surface area contributed by atoms with Gasteiger partial charge in [-0.1, -0.05) is 0 Å². The molecule has 1 rings (SSSR count). The molecule has 0 radical (unpaired) electrons. The Morgan fingerprint density at radius 1 is 1.29 bits per heavy atom. The molecule has 0 aromatic heterocycles. The van der Waals surface area contributed by atoms with Crippen LogP contribution in [0.3, 0.4) is 0 Å². The number of benzene rings is 1. The van der Waals surface area contributed by atoms with Gasteiger partial charge in [-0.2, -0.15) is 8.42 Å². The number of ether oxygens (including phenoxy) is 1. The van der Waals surface area contributed by atoms with Crippen molar-refractivity contribution in [1.29, 1.82) is 0 Å². The van der Waals surface area contributed by atoms with Crippen LogP contribution in [0.5, 0.6) is 17.2 Å². The molecule has 2 N–H and O–H groups in total. The van der Waals surface area contributed by atoms with Gasteiger partial charge < -0.3 is 14.0 Å². The van der Waals surface area contributed by atoms with Gasteiger partial charge in [0.25, 0.3) is 0 Å². The van der Waals surface area contributed by atoms with Gasteiger partial charge in [0, 0.05) is 6.07 Å². The van der Waals surface area contributed by atoms with Crippen LogP contribution in [0, 0.1) is 0 Å². The van der Waals surface area contributed by atoms with Crippen LogP contribution in [0.2, 0.25) is 0 Å². The van der Waals surface area contributed by atoms with Gasteiger partial charge in [-0.05, 0) is 13.0 Å². The lowest BCUT2D eigenvalue weighted by molar-refractivity contribution is 0.101. The maximum absolute atomic E-state index is 11.2. The molecule has 17 heavy (non-hydrogen) atoms. The Hall–Kier alpha value is -1.80. The molecule has 0 aliphatic carbocycles. The minimum absolute atomic E-state index is 0.0892. The summed E-state index contributed by atoms with van der Waals surface area (Å²) in [5.74, 6) is -1.40. The van der Waals surface area contributed by atoms with Gasteiger partial charge in [-0.3, -0.25) is 9.35 Å². The predicted molar refractivity (Wildman–Crippen MR) is 56.8 cm³/mol. The highest BCUT2D eigenvalue weighted by atomic mass is 32.3. The highest BCUT2D eigenvalue weighted by Gasteiger charge is 2.18. The van der Waals surface area contributed by atoms with Crippen molar-refractivity contribution in [2.24, 2.45) is 0 Å². The third-order valence-corrected chi connectivity index (χ3v) is 2.25. The molecule has 94 valence electrons. The summed E-state index contributed by atoms with van der Waals surface area (Å²) in [6, 6.07) is 1.97. The Bertz CT molecular complexity index is 547. The van der Waals surface area contributed by atoms with Crippen LogP contribution in [-0.2, 0) is 10.4 Å². The van der Waals surface area contributed by atoms with Gasteiger partial charge in [0.15, 0.2) is 23.0 Å². The van der Waals surface area contributed by atoms with Gasteiger partial charge in [0.2, 0.25) is 0 Å². The lowest BCUT2D eigenvalue weighted by atomic mass is 10.1. The van der Waals surface area contributed by atoms with Crippen LogP contribution in [0.1, 0.15) is 17.3 Å². The van der Waals surface area contributed by atoms with E-state index < -0.39 is 21.9 Å². The number of hydrogen-bond acceptors (Lipinski definition) is 6. The van der Waals surface area contributed by atoms with Gasteiger partial charge >= 0.3 is 10.4 Å². The second-order valence-corrected chi connectivity index (χ2v) is 4.11. The minimum atomic E-state index is -4.76. The fourth-order valence-electron chi connectivity index (χ4n) is 1.17. The van der Waals surface area contributed by atoms with E-state index in [1.165, 1.54) is 7.11 Å². The minimum Gasteiger partial charge on any atom is -0.504 e. The summed E-state index contributed by atoms with van der Waals surface area (Å²) in [6.45, 7) is 1.15. The van der Waals surface area contributed by atoms with E-state index >= 15 is 0 Å². The van der Waals surface area contributed by atoms with Crippen molar-refractivity contribution in [2.75, 3.05) is 7.11 Å². The second kappa shape index (κ2) is 4.60. The number of Topliss-reactive ketones (excluding diaryl/α,β-unsaturated/α-hetero) is 1. The van der Waals surface area contributed by atoms with E-state index in [1.54, 1.807) is 0 Å². The van der Waals surface area contributed by atoms with E-state index in [4.69, 9.17) is 9.29 Å². The number of phenols is 1. The average Bonchev–Trinajstić information content (AvgIpc) is 2.17. The zero-order chi connectivity index (χ0) is 13.2. The Morgan fingerprint density at radius 3 is 2.29 bits per heavy atom. The normalized spacial score (nSPS) is 11.0. The van der Waals surface area contributed by atoms with Crippen molar-refractivity contribution in [2.45, 2.75) is 6.92 Å². The molecule has 0 bridgehead atoms. The first-order valence-corrected chi connectivity index (χ1v) is 5.70. The summed E-state index contributed by atoms with van der Waals surface area (Å²) in [7, 11) is -3.52. The standard InChI is InChI=1S/C9H10O7S/c1-5(10)6-3-7(11)9(15-2)4-8(6)16-17(12,13)14/h3-4,11H,1-2H3,(H,12,13,14). The van der Waals surface area contributed by atoms with Crippen LogP contribution >= 0.6 is 0 Å². The van der Waals surface area contributed by atoms with Crippen LogP contribution < -0.4 is 8.92 Å². The highest BCUT2D eigenvalue weighted by Crippen LogP contribution is 2.34. The van der Waals surface area contributed by atoms with E-state index in [-0.39, 0.29) is 17.1 Å². The molecular formula is C9H10O7S. The Kier molecular flexibility index (Phi) is 3.59. The molecule has 7 nitrogen and oxygen atoms in total. The van der Waals surface area contributed by atoms with Crippen LogP contribution in [0.15, 0.2) is 12.1 Å². The molecule has 0 atom stereocenters. The first-order valence-electron chi connectivity index (χ1n) is 4.33. The molecular weight excluding hydrogens is 252 g/mol. The Labute approximate surface area is 97.5 Å². The lowest BCUT2D eigenvalue weighted by Gasteiger charge is -2.10. The quantitative estimate of drug-likeness (QED) is 0.609. The third kappa shape index (κ3) is 3.33. The summed E-state index contributed by atoms with van der Waals surface area (Å²) >= 11 is 0. The van der Waals surface area contributed by atoms with E-state index in [9.17, 15) is 18.3 Å². The number of phenolic OH excluding ortho intramolecular Hbond substituents is 1. The van der Waals surface area contributed by atoms with Crippen LogP contribution in [0.25, 0.3) is 0 Å². The van der Waals surface area contributed by atoms with Gasteiger partial charge in [-0.15, -0.1) is 0 Å². The van der Waals surface area contributed by atoms with Crippen molar-refractivity contribution in [3.05, 3.63) is 17.7 Å². The second-order valence-electron chi connectivity index (χ2n) is 3.09. The molecule has 1 aromatic rings. The maximum Gasteiger partial charge on any atom is 0.446 e. The summed E-state index contributed by atoms with van der Waals surface area (Å²) in [4.78, 5) is 11.2. The van der Waals surface area contributed by atoms with Crippen molar-refractivity contribution in [3.8, 4) is 17.2 Å². The molecule has 0 aliphatic heterocycles. The maximum atomic E-state index is 11.2. The van der Waals surface area contributed by atoms with Gasteiger partial charge in [0.1, 0.15) is 0 Å². The number of rotatable bonds is 4. The SMILES string of the molecule is COc1cc(OS(=O)(=O)O)c(C(C)=O)cc1O. The number of methoxy groups -OCH3 is 1. The van der Waals surface area contributed by atoms with Crippen molar-refractivity contribution >= 4 is 16.2 Å². The lowest BCUT2D eigenvalue weighted by Crippen LogP contribution is -2.10. The molecule has 0 spiro atoms. The van der Waals surface area contributed by atoms with Crippen molar-refractivity contribution in [1.82, 2.24) is 0 Å². The zero-order valence-corrected chi connectivity index (χ0v) is 9.82. The number of hydrogen-bond donors (Lipinski definition) is 2. The first-order chi connectivity index (χ1) is 7.74. The largest absolute Gasteiger partial charge is 0.504 e. The van der Waals surface area contributed by atoms with E-state index in [2.05, 4.69) is 4.18 Å². The van der Waals surface area contributed by atoms with Gasteiger partial charge in [0.05, 0.1) is 12.7 Å². The van der Waals surface area contributed by atoms with Crippen molar-refractivity contribution in [3.63, 3.8) is 0 Å². The third-order valence-electron chi connectivity index (χ3n) is 1.86. The Balaban J connectivity index is 3.39. The first kappa shape index (κ1) is 13.3. The zero-order valence-electron chi connectivity index (χ0n) is 9.00. The number of ketones is 1. The topological polar surface area (TPSA) is 110 Å². The van der Waals surface area contributed by atoms with E-state index in [0.29, 0.717) is 0 Å². The molecule has 1 aromatic carbocycles. The summed E-state index contributed by atoms with van der Waals surface area (Å²) < 4.78 is 38.6. The van der Waals surface area contributed by atoms with E-state index in [0.717, 1.165) is 19.1 Å². The highest BCUT2D eigenvalue weighted by molar-refractivity contribution is 7.81. The molecule has 0 fully saturated rings. The number of carbonyl (C=O) groups is 1. The van der Waals surface area contributed by atoms with Gasteiger partial charge in [-0.25, -0.2) is 0 Å². The van der Waals surface area contributed by atoms with Crippen LogP contribution in [-0.4, -0.2) is 31.0 Å². The number of carbonyl (C=O) groups excluding carboxylic acids is 1. The Morgan fingerprint density at radius 2 is 1.88 bits per heavy atom. The molecule has 0 saturated heterocycles. The summed E-state index contributed by atoms with van der Waals surface area (Å²) in [5, 5.41) is 9.42. The van der Waals surface area contributed by atoms with Crippen molar-refractivity contribution < 1.29 is 31.8 Å². The predicted octanol–water partition coefficient (Wildman–Crippen LogP) is 0.785. The fraction of sp³-hybridized carbons (Fsp3) is 0.222. The smallest absolute Gasteiger partial charge is 0.446 e. The number of aromatic hydroxyl groups is 1. The molecule has 8 heteroatoms. The molecule has 0 aliphatic rings. The van der Waals surface area contributed by atoms with Crippen LogP contribution in [0.4, 0.5) is 0 Å². The van der Waals surface area contributed by atoms with E-state index in [1.807, 2.05) is 0 Å². The molecule has 0 amide bonds. The average molecular weight is 262 g/mol. The molecule has 0 heterocycles. The monoisotopic (exact) mass is 262 g/mol. The fourth-order valence-corrected chi connectivity index (χ4v) is 1.54. The summed E-state index contributed by atoms with van der Waals surface area (Å²) in [6.07, 6.45) is 0. The molecule has 0 saturated carbocycles. The molecule has 0 unspecified atom stereocenters. The summed E-state index contributed by atoms with van der Waals surface area (Å²) in [5.41, 5.74) is -0.194.